The lowest BCUT2D eigenvalue weighted by molar-refractivity contribution is -0.131. The summed E-state index contributed by atoms with van der Waals surface area (Å²) >= 11 is 0. The van der Waals surface area contributed by atoms with Crippen LogP contribution in [0.4, 0.5) is 5.69 Å². The van der Waals surface area contributed by atoms with Gasteiger partial charge in [-0.1, -0.05) is 54.6 Å². The predicted molar refractivity (Wildman–Crippen MR) is 143 cm³/mol. The first-order chi connectivity index (χ1) is 17.6. The molecule has 0 atom stereocenters. The lowest BCUT2D eigenvalue weighted by atomic mass is 10.1. The van der Waals surface area contributed by atoms with Crippen molar-refractivity contribution in [1.29, 1.82) is 0 Å². The molecule has 3 aromatic rings. The minimum absolute atomic E-state index is 0.0280. The van der Waals surface area contributed by atoms with Crippen molar-refractivity contribution in [2.45, 2.75) is 45.7 Å². The Morgan fingerprint density at radius 3 is 2.31 bits per heavy atom. The molecule has 0 N–H and O–H groups in total. The lowest BCUT2D eigenvalue weighted by Gasteiger charge is -2.31. The second-order valence-corrected chi connectivity index (χ2v) is 9.44. The molecular formula is C30H36N4O2. The highest BCUT2D eigenvalue weighted by Crippen LogP contribution is 2.24. The molecule has 0 saturated heterocycles. The predicted octanol–water partition coefficient (Wildman–Crippen LogP) is 4.69. The lowest BCUT2D eigenvalue weighted by Crippen LogP contribution is -2.38. The number of para-hydroxylation sites is 1. The number of amides is 2. The van der Waals surface area contributed by atoms with Crippen LogP contribution in [-0.4, -0.2) is 52.8 Å². The summed E-state index contributed by atoms with van der Waals surface area (Å²) in [4.78, 5) is 36.6. The number of nitrogens with zero attached hydrogens (tertiary/aromatic N) is 4. The first-order valence-corrected chi connectivity index (χ1v) is 12.9. The van der Waals surface area contributed by atoms with E-state index < -0.39 is 0 Å². The summed E-state index contributed by atoms with van der Waals surface area (Å²) in [5.74, 6) is 0.180. The quantitative estimate of drug-likeness (QED) is 0.527. The molecule has 6 nitrogen and oxygen atoms in total. The van der Waals surface area contributed by atoms with Gasteiger partial charge in [-0.15, -0.1) is 0 Å². The van der Waals surface area contributed by atoms with Crippen molar-refractivity contribution < 1.29 is 9.59 Å². The maximum atomic E-state index is 13.4. The van der Waals surface area contributed by atoms with E-state index in [0.29, 0.717) is 26.1 Å². The molecule has 0 saturated carbocycles. The number of pyridine rings is 1. The highest BCUT2D eigenvalue weighted by molar-refractivity contribution is 5.92. The van der Waals surface area contributed by atoms with Gasteiger partial charge < -0.3 is 9.80 Å². The molecule has 2 amide bonds. The van der Waals surface area contributed by atoms with Crippen molar-refractivity contribution in [2.24, 2.45) is 0 Å². The van der Waals surface area contributed by atoms with E-state index in [1.807, 2.05) is 64.5 Å². The molecule has 0 spiro atoms. The van der Waals surface area contributed by atoms with Crippen molar-refractivity contribution in [3.05, 3.63) is 95.8 Å². The van der Waals surface area contributed by atoms with Crippen LogP contribution in [-0.2, 0) is 29.1 Å². The first-order valence-electron chi connectivity index (χ1n) is 12.9. The molecule has 0 unspecified atom stereocenters. The average Bonchev–Trinajstić information content (AvgIpc) is 2.89. The second-order valence-electron chi connectivity index (χ2n) is 9.44. The van der Waals surface area contributed by atoms with Crippen molar-refractivity contribution in [1.82, 2.24) is 14.8 Å². The Morgan fingerprint density at radius 2 is 1.56 bits per heavy atom. The van der Waals surface area contributed by atoms with Crippen LogP contribution in [0.2, 0.25) is 0 Å². The monoisotopic (exact) mass is 484 g/mol. The van der Waals surface area contributed by atoms with Crippen LogP contribution in [0.3, 0.4) is 0 Å². The third kappa shape index (κ3) is 7.25. The van der Waals surface area contributed by atoms with E-state index in [9.17, 15) is 9.59 Å². The number of fused-ring (bicyclic) bond motifs is 1. The van der Waals surface area contributed by atoms with Crippen LogP contribution in [0.25, 0.3) is 0 Å². The van der Waals surface area contributed by atoms with E-state index in [1.165, 1.54) is 11.1 Å². The SMILES string of the molecule is CC(=O)N1CCCN(Cc2cccnc2)CCCN(C(=O)CCc2ccccc2)Cc2ccccc21. The number of aryl methyl sites for hydroxylation is 1. The molecule has 1 aliphatic rings. The van der Waals surface area contributed by atoms with Crippen molar-refractivity contribution in [3.8, 4) is 0 Å². The summed E-state index contributed by atoms with van der Waals surface area (Å²) in [6, 6.07) is 22.2. The molecule has 0 radical (unpaired) electrons. The number of hydrogen-bond donors (Lipinski definition) is 0. The number of benzene rings is 2. The van der Waals surface area contributed by atoms with Crippen molar-refractivity contribution in [2.75, 3.05) is 31.1 Å². The molecule has 2 aromatic carbocycles. The van der Waals surface area contributed by atoms with Crippen LogP contribution in [0.1, 0.15) is 42.9 Å². The Hall–Kier alpha value is -3.51. The van der Waals surface area contributed by atoms with Crippen LogP contribution < -0.4 is 4.90 Å². The highest BCUT2D eigenvalue weighted by Gasteiger charge is 2.21. The van der Waals surface area contributed by atoms with Gasteiger partial charge >= 0.3 is 0 Å². The molecule has 0 bridgehead atoms. The molecule has 1 aromatic heterocycles. The Balaban J connectivity index is 1.54. The number of carbonyl (C=O) groups is 2. The Morgan fingerprint density at radius 1 is 0.833 bits per heavy atom. The number of hydrogen-bond acceptors (Lipinski definition) is 4. The number of carbonyl (C=O) groups excluding carboxylic acids is 2. The Kier molecular flexibility index (Phi) is 9.22. The van der Waals surface area contributed by atoms with Crippen LogP contribution in [0, 0.1) is 0 Å². The van der Waals surface area contributed by atoms with Crippen molar-refractivity contribution >= 4 is 17.5 Å². The third-order valence-corrected chi connectivity index (χ3v) is 6.73. The fourth-order valence-electron chi connectivity index (χ4n) is 4.86. The molecule has 188 valence electrons. The maximum Gasteiger partial charge on any atom is 0.223 e. The van der Waals surface area contributed by atoms with E-state index in [1.54, 1.807) is 13.1 Å². The van der Waals surface area contributed by atoms with Gasteiger partial charge in [0, 0.05) is 70.7 Å². The first kappa shape index (κ1) is 25.6. The number of aromatic nitrogens is 1. The average molecular weight is 485 g/mol. The molecule has 0 aliphatic carbocycles. The van der Waals surface area contributed by atoms with Gasteiger partial charge in [0.15, 0.2) is 0 Å². The normalized spacial score (nSPS) is 15.5. The number of anilines is 1. The van der Waals surface area contributed by atoms with E-state index in [0.717, 1.165) is 50.1 Å². The van der Waals surface area contributed by atoms with Crippen LogP contribution in [0.15, 0.2) is 79.1 Å². The maximum absolute atomic E-state index is 13.4. The van der Waals surface area contributed by atoms with E-state index in [-0.39, 0.29) is 11.8 Å². The van der Waals surface area contributed by atoms with Gasteiger partial charge in [0.2, 0.25) is 11.8 Å². The molecule has 6 heteroatoms. The van der Waals surface area contributed by atoms with Gasteiger partial charge in [-0.3, -0.25) is 19.5 Å². The van der Waals surface area contributed by atoms with Gasteiger partial charge in [-0.25, -0.2) is 0 Å². The van der Waals surface area contributed by atoms with Gasteiger partial charge in [0.25, 0.3) is 0 Å². The highest BCUT2D eigenvalue weighted by atomic mass is 16.2. The van der Waals surface area contributed by atoms with E-state index >= 15 is 0 Å². The Bertz CT molecular complexity index is 1120. The molecule has 2 heterocycles. The molecule has 1 aliphatic heterocycles. The molecule has 36 heavy (non-hydrogen) atoms. The van der Waals surface area contributed by atoms with E-state index in [2.05, 4.69) is 28.1 Å². The summed E-state index contributed by atoms with van der Waals surface area (Å²) in [7, 11) is 0. The smallest absolute Gasteiger partial charge is 0.223 e. The minimum atomic E-state index is 0.0280. The van der Waals surface area contributed by atoms with Gasteiger partial charge in [-0.2, -0.15) is 0 Å². The fourth-order valence-corrected chi connectivity index (χ4v) is 4.86. The summed E-state index contributed by atoms with van der Waals surface area (Å²) < 4.78 is 0. The number of rotatable bonds is 5. The Labute approximate surface area is 214 Å². The fraction of sp³-hybridized carbons (Fsp3) is 0.367. The van der Waals surface area contributed by atoms with Gasteiger partial charge in [0.05, 0.1) is 0 Å². The minimum Gasteiger partial charge on any atom is -0.338 e. The molecule has 0 fully saturated rings. The third-order valence-electron chi connectivity index (χ3n) is 6.73. The van der Waals surface area contributed by atoms with Gasteiger partial charge in [-0.05, 0) is 48.1 Å². The topological polar surface area (TPSA) is 56.8 Å². The largest absolute Gasteiger partial charge is 0.338 e. The molecule has 4 rings (SSSR count). The van der Waals surface area contributed by atoms with Gasteiger partial charge in [0.1, 0.15) is 0 Å². The van der Waals surface area contributed by atoms with E-state index in [4.69, 9.17) is 0 Å². The van der Waals surface area contributed by atoms with Crippen LogP contribution in [0.5, 0.6) is 0 Å². The zero-order valence-corrected chi connectivity index (χ0v) is 21.2. The standard InChI is InChI=1S/C30H36N4O2/c1-25(35)34-21-9-19-32(23-27-12-7-17-31-22-27)18-8-20-33(24-28-13-5-6-14-29(28)34)30(36)16-15-26-10-3-2-4-11-26/h2-7,10-14,17,22H,8-9,15-16,18-21,23-24H2,1H3. The summed E-state index contributed by atoms with van der Waals surface area (Å²) in [6.07, 6.45) is 6.69. The second kappa shape index (κ2) is 13.0. The summed E-state index contributed by atoms with van der Waals surface area (Å²) in [5, 5.41) is 0. The summed E-state index contributed by atoms with van der Waals surface area (Å²) in [6.45, 7) is 6.05. The van der Waals surface area contributed by atoms with Crippen molar-refractivity contribution in [3.63, 3.8) is 0 Å². The molecular weight excluding hydrogens is 448 g/mol. The summed E-state index contributed by atoms with van der Waals surface area (Å²) in [5.41, 5.74) is 4.28. The van der Waals surface area contributed by atoms with Crippen LogP contribution >= 0.6 is 0 Å². The zero-order chi connectivity index (χ0) is 25.2. The zero-order valence-electron chi connectivity index (χ0n) is 21.2.